The minimum atomic E-state index is -0.181. The van der Waals surface area contributed by atoms with Gasteiger partial charge in [-0.2, -0.15) is 0 Å². The summed E-state index contributed by atoms with van der Waals surface area (Å²) in [6.07, 6.45) is 1.92. The molecule has 2 aromatic carbocycles. The summed E-state index contributed by atoms with van der Waals surface area (Å²) < 4.78 is 17.8. The first-order chi connectivity index (χ1) is 14.5. The second-order valence-corrected chi connectivity index (χ2v) is 8.59. The molecule has 8 heteroatoms. The summed E-state index contributed by atoms with van der Waals surface area (Å²) in [7, 11) is 1.57. The van der Waals surface area contributed by atoms with Gasteiger partial charge in [-0.3, -0.25) is 9.69 Å². The number of para-hydroxylation sites is 2. The fourth-order valence-corrected chi connectivity index (χ4v) is 4.94. The van der Waals surface area contributed by atoms with E-state index in [4.69, 9.17) is 30.8 Å². The summed E-state index contributed by atoms with van der Waals surface area (Å²) >= 11 is 7.65. The van der Waals surface area contributed by atoms with E-state index in [0.717, 1.165) is 35.2 Å². The third-order valence-electron chi connectivity index (χ3n) is 5.00. The van der Waals surface area contributed by atoms with Gasteiger partial charge in [0.25, 0.3) is 5.91 Å². The lowest BCUT2D eigenvalue weighted by Gasteiger charge is -2.23. The molecule has 1 saturated heterocycles. The van der Waals surface area contributed by atoms with E-state index in [0.29, 0.717) is 28.2 Å². The van der Waals surface area contributed by atoms with Crippen molar-refractivity contribution in [2.75, 3.05) is 31.8 Å². The Bertz CT molecular complexity index is 1050. The lowest BCUT2D eigenvalue weighted by molar-refractivity contribution is -0.121. The zero-order valence-electron chi connectivity index (χ0n) is 16.9. The molecule has 1 fully saturated rings. The number of rotatable bonds is 7. The topological polar surface area (TPSA) is 60.9 Å². The molecular weight excluding hydrogens is 424 g/mol. The molecule has 0 spiro atoms. The largest absolute Gasteiger partial charge is 0.493 e. The Balaban J connectivity index is 1.59. The van der Waals surface area contributed by atoms with Gasteiger partial charge in [-0.15, -0.1) is 0 Å². The Morgan fingerprint density at radius 3 is 2.87 bits per heavy atom. The number of halogens is 1. The van der Waals surface area contributed by atoms with Crippen LogP contribution in [0.4, 0.5) is 5.13 Å². The number of amides is 1. The fraction of sp³-hybridized carbons (Fsp3) is 0.364. The maximum Gasteiger partial charge on any atom is 0.266 e. The average molecular weight is 447 g/mol. The Labute approximate surface area is 184 Å². The normalized spacial score (nSPS) is 16.0. The van der Waals surface area contributed by atoms with Crippen molar-refractivity contribution in [3.8, 4) is 11.5 Å². The number of fused-ring (bicyclic) bond motifs is 1. The van der Waals surface area contributed by atoms with E-state index in [1.54, 1.807) is 24.1 Å². The first-order valence-electron chi connectivity index (χ1n) is 9.79. The Morgan fingerprint density at radius 1 is 1.33 bits per heavy atom. The number of carbonyl (C=O) groups is 1. The molecule has 1 aliphatic rings. The molecule has 0 radical (unpaired) electrons. The average Bonchev–Trinajstić information content (AvgIpc) is 3.40. The van der Waals surface area contributed by atoms with Crippen molar-refractivity contribution in [1.29, 1.82) is 0 Å². The van der Waals surface area contributed by atoms with Crippen LogP contribution in [0.2, 0.25) is 5.02 Å². The second kappa shape index (κ2) is 9.20. The lowest BCUT2D eigenvalue weighted by atomic mass is 10.2. The number of methoxy groups -OCH3 is 1. The molecule has 1 amide bonds. The molecule has 158 valence electrons. The van der Waals surface area contributed by atoms with Gasteiger partial charge in [0.2, 0.25) is 0 Å². The highest BCUT2D eigenvalue weighted by Crippen LogP contribution is 2.34. The Kier molecular flexibility index (Phi) is 6.41. The van der Waals surface area contributed by atoms with Gasteiger partial charge in [-0.05, 0) is 49.6 Å². The molecule has 1 unspecified atom stereocenters. The van der Waals surface area contributed by atoms with Crippen molar-refractivity contribution >= 4 is 44.2 Å². The van der Waals surface area contributed by atoms with Gasteiger partial charge in [0.05, 0.1) is 30.0 Å². The molecule has 4 rings (SSSR count). The molecule has 0 bridgehead atoms. The lowest BCUT2D eigenvalue weighted by Crippen LogP contribution is -2.40. The van der Waals surface area contributed by atoms with Gasteiger partial charge in [0.1, 0.15) is 0 Å². The minimum absolute atomic E-state index is 0.00286. The number of nitrogens with zero attached hydrogens (tertiary/aromatic N) is 2. The van der Waals surface area contributed by atoms with Crippen LogP contribution in [0.1, 0.15) is 18.4 Å². The highest BCUT2D eigenvalue weighted by atomic mass is 35.5. The fourth-order valence-electron chi connectivity index (χ4n) is 3.49. The third-order valence-corrected chi connectivity index (χ3v) is 6.24. The monoisotopic (exact) mass is 446 g/mol. The number of aryl methyl sites for hydroxylation is 1. The quantitative estimate of drug-likeness (QED) is 0.518. The van der Waals surface area contributed by atoms with Crippen molar-refractivity contribution in [1.82, 2.24) is 4.98 Å². The molecule has 0 aliphatic carbocycles. The molecule has 1 atom stereocenters. The number of thiazole rings is 1. The smallest absolute Gasteiger partial charge is 0.266 e. The summed E-state index contributed by atoms with van der Waals surface area (Å²) in [4.78, 5) is 19.6. The van der Waals surface area contributed by atoms with Gasteiger partial charge in [-0.25, -0.2) is 4.98 Å². The van der Waals surface area contributed by atoms with Crippen LogP contribution in [0.15, 0.2) is 36.4 Å². The van der Waals surface area contributed by atoms with Gasteiger partial charge < -0.3 is 14.2 Å². The van der Waals surface area contributed by atoms with Crippen molar-refractivity contribution in [3.63, 3.8) is 0 Å². The molecule has 1 aliphatic heterocycles. The van der Waals surface area contributed by atoms with E-state index in [2.05, 4.69) is 0 Å². The van der Waals surface area contributed by atoms with Gasteiger partial charge in [0.15, 0.2) is 23.2 Å². The standard InChI is InChI=1S/C22H23ClN2O4S/c1-14-10-15(23)11-19-21(14)24-22(30-19)25(12-16-6-5-9-28-16)20(26)13-29-18-8-4-3-7-17(18)27-2/h3-4,7-8,10-11,16H,5-6,9,12-13H2,1-2H3. The van der Waals surface area contributed by atoms with Crippen LogP contribution < -0.4 is 14.4 Å². The number of aromatic nitrogens is 1. The SMILES string of the molecule is COc1ccccc1OCC(=O)N(CC1CCCO1)c1nc2c(C)cc(Cl)cc2s1. The van der Waals surface area contributed by atoms with Crippen molar-refractivity contribution in [2.45, 2.75) is 25.9 Å². The highest BCUT2D eigenvalue weighted by Gasteiger charge is 2.27. The summed E-state index contributed by atoms with van der Waals surface area (Å²) in [6.45, 7) is 3.01. The van der Waals surface area contributed by atoms with Crippen LogP contribution in [-0.4, -0.2) is 43.9 Å². The number of ether oxygens (including phenoxy) is 3. The Morgan fingerprint density at radius 2 is 2.13 bits per heavy atom. The van der Waals surface area contributed by atoms with Crippen LogP contribution in [0.5, 0.6) is 11.5 Å². The molecule has 0 saturated carbocycles. The maximum absolute atomic E-state index is 13.2. The zero-order valence-corrected chi connectivity index (χ0v) is 18.5. The molecule has 30 heavy (non-hydrogen) atoms. The number of benzene rings is 2. The zero-order chi connectivity index (χ0) is 21.1. The maximum atomic E-state index is 13.2. The molecule has 0 N–H and O–H groups in total. The van der Waals surface area contributed by atoms with Crippen LogP contribution in [0, 0.1) is 6.92 Å². The summed E-state index contributed by atoms with van der Waals surface area (Å²) in [6, 6.07) is 11.0. The summed E-state index contributed by atoms with van der Waals surface area (Å²) in [5, 5.41) is 1.28. The number of carbonyl (C=O) groups excluding carboxylic acids is 1. The van der Waals surface area contributed by atoms with E-state index < -0.39 is 0 Å². The number of anilines is 1. The predicted octanol–water partition coefficient (Wildman–Crippen LogP) is 4.86. The number of hydrogen-bond donors (Lipinski definition) is 0. The van der Waals surface area contributed by atoms with E-state index >= 15 is 0 Å². The van der Waals surface area contributed by atoms with E-state index in [1.165, 1.54) is 11.3 Å². The van der Waals surface area contributed by atoms with Crippen LogP contribution in [-0.2, 0) is 9.53 Å². The minimum Gasteiger partial charge on any atom is -0.493 e. The van der Waals surface area contributed by atoms with Crippen molar-refractivity contribution in [3.05, 3.63) is 47.0 Å². The highest BCUT2D eigenvalue weighted by molar-refractivity contribution is 7.22. The van der Waals surface area contributed by atoms with E-state index in [9.17, 15) is 4.79 Å². The Hall–Kier alpha value is -2.35. The summed E-state index contributed by atoms with van der Waals surface area (Å²) in [5.74, 6) is 0.929. The van der Waals surface area contributed by atoms with E-state index in [1.807, 2.05) is 31.2 Å². The van der Waals surface area contributed by atoms with Gasteiger partial charge >= 0.3 is 0 Å². The first kappa shape index (κ1) is 20.9. The first-order valence-corrected chi connectivity index (χ1v) is 11.0. The molecule has 2 heterocycles. The van der Waals surface area contributed by atoms with Crippen molar-refractivity contribution in [2.24, 2.45) is 0 Å². The van der Waals surface area contributed by atoms with Gasteiger partial charge in [-0.1, -0.05) is 35.1 Å². The van der Waals surface area contributed by atoms with Crippen LogP contribution >= 0.6 is 22.9 Å². The number of hydrogen-bond acceptors (Lipinski definition) is 6. The second-order valence-electron chi connectivity index (χ2n) is 7.14. The molecule has 3 aromatic rings. The predicted molar refractivity (Wildman–Crippen MR) is 119 cm³/mol. The molecular formula is C22H23ClN2O4S. The van der Waals surface area contributed by atoms with Crippen molar-refractivity contribution < 1.29 is 19.0 Å². The summed E-state index contributed by atoms with van der Waals surface area (Å²) in [5.41, 5.74) is 1.84. The van der Waals surface area contributed by atoms with Crippen LogP contribution in [0.3, 0.4) is 0 Å². The molecule has 6 nitrogen and oxygen atoms in total. The van der Waals surface area contributed by atoms with Gasteiger partial charge in [0, 0.05) is 11.6 Å². The van der Waals surface area contributed by atoms with E-state index in [-0.39, 0.29) is 18.6 Å². The third kappa shape index (κ3) is 4.53. The molecule has 1 aromatic heterocycles. The van der Waals surface area contributed by atoms with Crippen LogP contribution in [0.25, 0.3) is 10.2 Å².